The van der Waals surface area contributed by atoms with Crippen molar-refractivity contribution in [3.63, 3.8) is 0 Å². The zero-order chi connectivity index (χ0) is 15.2. The van der Waals surface area contributed by atoms with Crippen molar-refractivity contribution in [3.8, 4) is 6.07 Å². The summed E-state index contributed by atoms with van der Waals surface area (Å²) in [5.41, 5.74) is 7.32. The van der Waals surface area contributed by atoms with Gasteiger partial charge in [0.05, 0.1) is 22.3 Å². The summed E-state index contributed by atoms with van der Waals surface area (Å²) in [6.45, 7) is 0.331. The molecule has 2 rings (SSSR count). The van der Waals surface area contributed by atoms with Gasteiger partial charge in [-0.15, -0.1) is 0 Å². The summed E-state index contributed by atoms with van der Waals surface area (Å²) in [7, 11) is 0. The van der Waals surface area contributed by atoms with Crippen LogP contribution in [0.3, 0.4) is 0 Å². The molecule has 4 nitrogen and oxygen atoms in total. The second kappa shape index (κ2) is 6.78. The summed E-state index contributed by atoms with van der Waals surface area (Å²) in [4.78, 5) is 14.0. The fourth-order valence-electron chi connectivity index (χ4n) is 1.97. The monoisotopic (exact) mass is 299 g/mol. The number of nitriles is 1. The van der Waals surface area contributed by atoms with Crippen molar-refractivity contribution in [2.24, 2.45) is 0 Å². The van der Waals surface area contributed by atoms with E-state index < -0.39 is 0 Å². The second-order valence-electron chi connectivity index (χ2n) is 4.51. The molecule has 0 atom stereocenters. The maximum absolute atomic E-state index is 12.5. The third-order valence-corrected chi connectivity index (χ3v) is 3.45. The molecule has 0 fully saturated rings. The molecule has 0 saturated carbocycles. The second-order valence-corrected chi connectivity index (χ2v) is 4.89. The predicted molar refractivity (Wildman–Crippen MR) is 82.7 cm³/mol. The average Bonchev–Trinajstić information content (AvgIpc) is 2.50. The van der Waals surface area contributed by atoms with Crippen molar-refractivity contribution in [3.05, 3.63) is 64.7 Å². The summed E-state index contributed by atoms with van der Waals surface area (Å²) in [5.74, 6) is -0.308. The van der Waals surface area contributed by atoms with E-state index in [4.69, 9.17) is 22.6 Å². The van der Waals surface area contributed by atoms with Crippen molar-refractivity contribution >= 4 is 23.2 Å². The lowest BCUT2D eigenvalue weighted by molar-refractivity contribution is 0.0765. The van der Waals surface area contributed by atoms with E-state index in [9.17, 15) is 4.79 Å². The Hall–Kier alpha value is -2.51. The van der Waals surface area contributed by atoms with Crippen LogP contribution in [0.25, 0.3) is 0 Å². The first-order valence-corrected chi connectivity index (χ1v) is 6.75. The number of rotatable bonds is 4. The molecule has 0 aromatic heterocycles. The molecule has 2 aromatic carbocycles. The minimum atomic E-state index is -0.308. The van der Waals surface area contributed by atoms with Crippen LogP contribution in [0.4, 0.5) is 5.69 Å². The van der Waals surface area contributed by atoms with Gasteiger partial charge in [0.25, 0.3) is 5.91 Å². The smallest absolute Gasteiger partial charge is 0.256 e. The van der Waals surface area contributed by atoms with Gasteiger partial charge in [-0.3, -0.25) is 4.79 Å². The summed E-state index contributed by atoms with van der Waals surface area (Å²) in [6.07, 6.45) is 0. The number of nitrogens with zero attached hydrogens (tertiary/aromatic N) is 2. The van der Waals surface area contributed by atoms with E-state index >= 15 is 0 Å². The Morgan fingerprint density at radius 1 is 1.19 bits per heavy atom. The standard InChI is InChI=1S/C16H14ClN3O/c17-15-13(7-4-8-14(15)19)16(21)20(10-9-18)11-12-5-2-1-3-6-12/h1-8H,10-11,19H2. The maximum atomic E-state index is 12.5. The van der Waals surface area contributed by atoms with E-state index in [0.29, 0.717) is 17.8 Å². The zero-order valence-electron chi connectivity index (χ0n) is 11.3. The van der Waals surface area contributed by atoms with E-state index in [1.54, 1.807) is 18.2 Å². The van der Waals surface area contributed by atoms with Crippen LogP contribution in [0.1, 0.15) is 15.9 Å². The van der Waals surface area contributed by atoms with Crippen LogP contribution in [-0.4, -0.2) is 17.4 Å². The molecular formula is C16H14ClN3O. The number of anilines is 1. The lowest BCUT2D eigenvalue weighted by atomic mass is 10.1. The summed E-state index contributed by atoms with van der Waals surface area (Å²) in [5, 5.41) is 9.15. The van der Waals surface area contributed by atoms with Crippen molar-refractivity contribution in [2.45, 2.75) is 6.54 Å². The van der Waals surface area contributed by atoms with E-state index in [1.165, 1.54) is 4.90 Å². The third kappa shape index (κ3) is 3.53. The lowest BCUT2D eigenvalue weighted by Crippen LogP contribution is -2.31. The highest BCUT2D eigenvalue weighted by atomic mass is 35.5. The highest BCUT2D eigenvalue weighted by Gasteiger charge is 2.19. The molecule has 2 N–H and O–H groups in total. The van der Waals surface area contributed by atoms with Crippen molar-refractivity contribution < 1.29 is 4.79 Å². The molecule has 1 amide bonds. The topological polar surface area (TPSA) is 70.1 Å². The Morgan fingerprint density at radius 3 is 2.57 bits per heavy atom. The van der Waals surface area contributed by atoms with E-state index in [1.807, 2.05) is 36.4 Å². The van der Waals surface area contributed by atoms with Crippen LogP contribution < -0.4 is 5.73 Å². The molecule has 0 aliphatic carbocycles. The van der Waals surface area contributed by atoms with Crippen LogP contribution in [0.5, 0.6) is 0 Å². The van der Waals surface area contributed by atoms with Crippen molar-refractivity contribution in [1.82, 2.24) is 4.90 Å². The third-order valence-electron chi connectivity index (χ3n) is 3.02. The van der Waals surface area contributed by atoms with Gasteiger partial charge >= 0.3 is 0 Å². The van der Waals surface area contributed by atoms with Crippen molar-refractivity contribution in [2.75, 3.05) is 12.3 Å². The fraction of sp³-hybridized carbons (Fsp3) is 0.125. The Kier molecular flexibility index (Phi) is 4.81. The number of amides is 1. The first kappa shape index (κ1) is 14.9. The molecule has 0 heterocycles. The van der Waals surface area contributed by atoms with Gasteiger partial charge in [0.15, 0.2) is 0 Å². The van der Waals surface area contributed by atoms with Crippen LogP contribution in [-0.2, 0) is 6.54 Å². The number of nitrogen functional groups attached to an aromatic ring is 1. The number of hydrogen-bond acceptors (Lipinski definition) is 3. The van der Waals surface area contributed by atoms with E-state index in [-0.39, 0.29) is 17.5 Å². The number of benzene rings is 2. The van der Waals surface area contributed by atoms with Crippen LogP contribution >= 0.6 is 11.6 Å². The van der Waals surface area contributed by atoms with Gasteiger partial charge in [0.1, 0.15) is 6.54 Å². The normalized spacial score (nSPS) is 9.90. The molecule has 21 heavy (non-hydrogen) atoms. The predicted octanol–water partition coefficient (Wildman–Crippen LogP) is 3.09. The number of halogens is 1. The minimum absolute atomic E-state index is 0.0150. The summed E-state index contributed by atoms with van der Waals surface area (Å²) >= 11 is 6.08. The van der Waals surface area contributed by atoms with Gasteiger partial charge in [-0.25, -0.2) is 0 Å². The molecule has 0 aliphatic heterocycles. The molecule has 0 aliphatic rings. The number of carbonyl (C=O) groups excluding carboxylic acids is 1. The Balaban J connectivity index is 2.28. The van der Waals surface area contributed by atoms with Crippen molar-refractivity contribution in [1.29, 1.82) is 5.26 Å². The van der Waals surface area contributed by atoms with Gasteiger partial charge in [-0.05, 0) is 17.7 Å². The largest absolute Gasteiger partial charge is 0.398 e. The lowest BCUT2D eigenvalue weighted by Gasteiger charge is -2.20. The number of hydrogen-bond donors (Lipinski definition) is 1. The van der Waals surface area contributed by atoms with Crippen LogP contribution in [0.2, 0.25) is 5.02 Å². The fourth-order valence-corrected chi connectivity index (χ4v) is 2.18. The van der Waals surface area contributed by atoms with Crippen LogP contribution in [0.15, 0.2) is 48.5 Å². The SMILES string of the molecule is N#CCN(Cc1ccccc1)C(=O)c1cccc(N)c1Cl. The molecule has 5 heteroatoms. The van der Waals surface area contributed by atoms with Gasteiger partial charge < -0.3 is 10.6 Å². The first-order valence-electron chi connectivity index (χ1n) is 6.37. The molecule has 0 unspecified atom stereocenters. The molecular weight excluding hydrogens is 286 g/mol. The quantitative estimate of drug-likeness (QED) is 0.696. The molecule has 0 spiro atoms. The van der Waals surface area contributed by atoms with Gasteiger partial charge in [-0.2, -0.15) is 5.26 Å². The number of carbonyl (C=O) groups is 1. The Morgan fingerprint density at radius 2 is 1.90 bits per heavy atom. The van der Waals surface area contributed by atoms with E-state index in [0.717, 1.165) is 5.56 Å². The van der Waals surface area contributed by atoms with Gasteiger partial charge in [0.2, 0.25) is 0 Å². The van der Waals surface area contributed by atoms with E-state index in [2.05, 4.69) is 0 Å². The summed E-state index contributed by atoms with van der Waals surface area (Å²) < 4.78 is 0. The summed E-state index contributed by atoms with van der Waals surface area (Å²) in [6, 6.07) is 16.4. The van der Waals surface area contributed by atoms with Gasteiger partial charge in [-0.1, -0.05) is 48.0 Å². The maximum Gasteiger partial charge on any atom is 0.256 e. The first-order chi connectivity index (χ1) is 10.1. The minimum Gasteiger partial charge on any atom is -0.398 e. The molecule has 0 bridgehead atoms. The average molecular weight is 300 g/mol. The highest BCUT2D eigenvalue weighted by Crippen LogP contribution is 2.24. The zero-order valence-corrected chi connectivity index (χ0v) is 12.0. The molecule has 0 radical (unpaired) electrons. The Bertz CT molecular complexity index is 680. The Labute approximate surface area is 128 Å². The molecule has 106 valence electrons. The number of nitrogens with two attached hydrogens (primary N) is 1. The van der Waals surface area contributed by atoms with Crippen LogP contribution in [0, 0.1) is 11.3 Å². The molecule has 0 saturated heterocycles. The molecule has 2 aromatic rings. The van der Waals surface area contributed by atoms with Gasteiger partial charge in [0, 0.05) is 6.54 Å². The highest BCUT2D eigenvalue weighted by molar-refractivity contribution is 6.36.